The Bertz CT molecular complexity index is 4940. The number of halogens is 3. The summed E-state index contributed by atoms with van der Waals surface area (Å²) in [7, 11) is 0. The van der Waals surface area contributed by atoms with Gasteiger partial charge in [0.15, 0.2) is 0 Å². The second-order valence-electron chi connectivity index (χ2n) is 31.6. The van der Waals surface area contributed by atoms with Gasteiger partial charge >= 0.3 is 0 Å². The molecule has 9 aromatic carbocycles. The first-order chi connectivity index (χ1) is 54.6. The van der Waals surface area contributed by atoms with Crippen molar-refractivity contribution in [3.63, 3.8) is 0 Å². The summed E-state index contributed by atoms with van der Waals surface area (Å²) >= 11 is 6.64. The molecule has 6 aliphatic heterocycles. The predicted molar refractivity (Wildman–Crippen MR) is 413 cm³/mol. The molecule has 602 valence electrons. The summed E-state index contributed by atoms with van der Waals surface area (Å²) in [6, 6.07) is 50.5. The van der Waals surface area contributed by atoms with Crippen LogP contribution in [0.2, 0.25) is 5.02 Å². The number of aryl methyl sites for hydroxylation is 2. The number of aliphatic hydroxyl groups excluding tert-OH is 10. The zero-order valence-corrected chi connectivity index (χ0v) is 64.7. The van der Waals surface area contributed by atoms with Crippen LogP contribution < -0.4 is 23.7 Å². The zero-order chi connectivity index (χ0) is 80.2. The van der Waals surface area contributed by atoms with Crippen LogP contribution in [0.4, 0.5) is 8.78 Å². The average molecular weight is 1590 g/mol. The van der Waals surface area contributed by atoms with Gasteiger partial charge in [0.05, 0.1) is 26.4 Å². The Kier molecular flexibility index (Phi) is 23.5. The van der Waals surface area contributed by atoms with Crippen molar-refractivity contribution in [3.05, 3.63) is 287 Å². The number of rotatable bonds is 25. The van der Waals surface area contributed by atoms with Gasteiger partial charge in [0.25, 0.3) is 0 Å². The molecule has 0 spiro atoms. The molecule has 6 heterocycles. The Morgan fingerprint density at radius 3 is 1.37 bits per heavy atom. The van der Waals surface area contributed by atoms with Crippen LogP contribution in [0.5, 0.6) is 28.7 Å². The third-order valence-corrected chi connectivity index (χ3v) is 23.8. The van der Waals surface area contributed by atoms with Crippen molar-refractivity contribution in [1.29, 1.82) is 0 Å². The highest BCUT2D eigenvalue weighted by Crippen LogP contribution is 2.46. The first kappa shape index (κ1) is 80.7. The van der Waals surface area contributed by atoms with Crippen molar-refractivity contribution in [2.45, 2.75) is 189 Å². The van der Waals surface area contributed by atoms with Crippen molar-refractivity contribution in [2.24, 2.45) is 0 Å². The van der Waals surface area contributed by atoms with Gasteiger partial charge in [-0.1, -0.05) is 109 Å². The molecular weight excluding hydrogens is 1490 g/mol. The Balaban J connectivity index is 0.536. The number of hydrogen-bond donors (Lipinski definition) is 10. The van der Waals surface area contributed by atoms with E-state index in [2.05, 4.69) is 0 Å². The fourth-order valence-electron chi connectivity index (χ4n) is 16.5. The van der Waals surface area contributed by atoms with Gasteiger partial charge in [0, 0.05) is 16.7 Å². The molecule has 114 heavy (non-hydrogen) atoms. The second kappa shape index (κ2) is 33.2. The normalized spacial score (nSPS) is 29.0. The van der Waals surface area contributed by atoms with E-state index in [9.17, 15) is 55.5 Å². The van der Waals surface area contributed by atoms with Crippen LogP contribution in [-0.4, -0.2) is 164 Å². The average Bonchev–Trinajstić information content (AvgIpc) is 1.60. The molecule has 3 saturated heterocycles. The van der Waals surface area contributed by atoms with E-state index < -0.39 is 121 Å². The van der Waals surface area contributed by atoms with Crippen LogP contribution >= 0.6 is 11.6 Å². The second-order valence-corrected chi connectivity index (χ2v) is 32.0. The third kappa shape index (κ3) is 16.5. The highest BCUT2D eigenvalue weighted by atomic mass is 35.5. The maximum atomic E-state index is 16.0. The van der Waals surface area contributed by atoms with E-state index in [1.807, 2.05) is 156 Å². The third-order valence-electron chi connectivity index (χ3n) is 23.5. The summed E-state index contributed by atoms with van der Waals surface area (Å²) in [4.78, 5) is 0. The molecule has 3 unspecified atom stereocenters. The van der Waals surface area contributed by atoms with Crippen molar-refractivity contribution in [1.82, 2.24) is 0 Å². The monoisotopic (exact) mass is 1580 g/mol. The fourth-order valence-corrected chi connectivity index (χ4v) is 16.7. The number of aliphatic hydroxyl groups is 10. The van der Waals surface area contributed by atoms with Gasteiger partial charge in [-0.15, -0.1) is 0 Å². The minimum atomic E-state index is -1.60. The Hall–Kier alpha value is -8.51. The van der Waals surface area contributed by atoms with Gasteiger partial charge in [-0.25, -0.2) is 8.78 Å². The topological polar surface area (TPSA) is 304 Å². The fraction of sp³-hybridized carbons (Fsp3) is 0.400. The van der Waals surface area contributed by atoms with E-state index in [1.54, 1.807) is 37.3 Å². The van der Waals surface area contributed by atoms with Gasteiger partial charge in [-0.3, -0.25) is 0 Å². The largest absolute Gasteiger partial charge is 0.491 e. The maximum absolute atomic E-state index is 16.0. The molecule has 10 N–H and O–H groups in total. The molecule has 0 radical (unpaired) electrons. The minimum absolute atomic E-state index is 0.00140. The van der Waals surface area contributed by atoms with Crippen LogP contribution in [0.3, 0.4) is 0 Å². The van der Waals surface area contributed by atoms with E-state index in [-0.39, 0.29) is 51.2 Å². The molecule has 18 atom stereocenters. The first-order valence-corrected chi connectivity index (χ1v) is 38.8. The summed E-state index contributed by atoms with van der Waals surface area (Å²) in [5.41, 5.74) is 11.5. The Labute approximate surface area is 664 Å². The minimum Gasteiger partial charge on any atom is -0.491 e. The van der Waals surface area contributed by atoms with Crippen molar-refractivity contribution in [2.75, 3.05) is 39.6 Å². The zero-order valence-electron chi connectivity index (χ0n) is 63.9. The van der Waals surface area contributed by atoms with Gasteiger partial charge in [-0.05, 0) is 222 Å². The number of ether oxygens (including phenoxy) is 11. The Morgan fingerprint density at radius 2 is 0.842 bits per heavy atom. The lowest BCUT2D eigenvalue weighted by Crippen LogP contribution is -2.55. The quantitative estimate of drug-likeness (QED) is 0.0254. The van der Waals surface area contributed by atoms with Crippen LogP contribution in [0, 0.1) is 32.4 Å². The summed E-state index contributed by atoms with van der Waals surface area (Å²) in [6.45, 7) is 11.6. The van der Waals surface area contributed by atoms with Crippen LogP contribution in [0.15, 0.2) is 170 Å². The van der Waals surface area contributed by atoms with E-state index in [1.165, 1.54) is 18.2 Å². The molecular formula is C90H95ClF2O21. The maximum Gasteiger partial charge on any atom is 0.132 e. The lowest BCUT2D eigenvalue weighted by Gasteiger charge is -2.41. The summed E-state index contributed by atoms with van der Waals surface area (Å²) in [5, 5.41) is 110. The molecule has 0 aromatic heterocycles. The summed E-state index contributed by atoms with van der Waals surface area (Å²) in [5.74, 6) is 1.52. The van der Waals surface area contributed by atoms with Gasteiger partial charge in [0.1, 0.15) is 182 Å². The molecule has 15 rings (SSSR count). The molecule has 6 aliphatic rings. The molecule has 0 saturated carbocycles. The summed E-state index contributed by atoms with van der Waals surface area (Å²) < 4.78 is 98.6. The van der Waals surface area contributed by atoms with Gasteiger partial charge < -0.3 is 103 Å². The lowest BCUT2D eigenvalue weighted by atomic mass is 9.89. The predicted octanol–water partition coefficient (Wildman–Crippen LogP) is 10.5. The van der Waals surface area contributed by atoms with Crippen molar-refractivity contribution >= 4 is 11.6 Å². The van der Waals surface area contributed by atoms with Gasteiger partial charge in [-0.2, -0.15) is 0 Å². The van der Waals surface area contributed by atoms with E-state index in [0.29, 0.717) is 88.3 Å². The highest BCUT2D eigenvalue weighted by molar-refractivity contribution is 6.31. The lowest BCUT2D eigenvalue weighted by molar-refractivity contribution is -0.231. The van der Waals surface area contributed by atoms with E-state index >= 15 is 4.39 Å². The molecule has 24 heteroatoms. The molecule has 21 nitrogen and oxygen atoms in total. The molecule has 3 fully saturated rings. The van der Waals surface area contributed by atoms with E-state index in [0.717, 1.165) is 72.3 Å². The number of hydrogen-bond acceptors (Lipinski definition) is 21. The molecule has 9 aromatic rings. The molecule has 0 aliphatic carbocycles. The Morgan fingerprint density at radius 1 is 0.404 bits per heavy atom. The standard InChI is InChI=1S/C90H95ClF2O21/c1-47-7-15-53(32-57(47)29-50-9-20-62(21-10-50)106-44-88(4)67-26-19-61(92)35-60(67)40-109-88)86-83(102)80(99)77(96)73(113-86)42-104-65-36-68-66(70(93)37-65)41-111-89(68,5)45-107-63-22-11-51(12-23-63)30-58-33-54(16-8-48(58)2)87-84(103)81(100)78(97)74(114-87)43-105-71-28-18-56-39-110-90(6,75(56)49(71)3)46-108-64-24-13-52(14-25-64)31-59-34-55(17-27-69(59)91)85-82(101)79(98)76(95)72(38-94)112-85/h7-28,32-37,72-74,76-87,94-103H,29-31,38-46H2,1-6H3/t72-,73-,74-,76-,77-,78-,79+,80+,81+,82-,83-,84-,85+,86+,87+,88?,89?,90?/m1/s1. The van der Waals surface area contributed by atoms with Crippen molar-refractivity contribution < 1.29 is 112 Å². The van der Waals surface area contributed by atoms with Crippen LogP contribution in [0.25, 0.3) is 0 Å². The first-order valence-electron chi connectivity index (χ1n) is 38.4. The van der Waals surface area contributed by atoms with Crippen LogP contribution in [0.1, 0.15) is 139 Å². The number of benzene rings is 9. The van der Waals surface area contributed by atoms with Crippen molar-refractivity contribution in [3.8, 4) is 28.7 Å². The van der Waals surface area contributed by atoms with E-state index in [4.69, 9.17) is 63.7 Å². The number of fused-ring (bicyclic) bond motifs is 3. The molecule has 0 bridgehead atoms. The van der Waals surface area contributed by atoms with Crippen LogP contribution in [-0.2, 0) is 84.3 Å². The van der Waals surface area contributed by atoms with Gasteiger partial charge in [0.2, 0.25) is 0 Å². The molecule has 0 amide bonds. The smallest absolute Gasteiger partial charge is 0.132 e. The SMILES string of the molecule is Cc1ccc([C@@H]2O[C@H](COc3cc(F)c4c(c3)C(C)(COc3ccc(Cc5cc([C@@H]6O[C@H](COc7ccc8c(c7C)C(C)(COc7ccc(Cc9cc([C@@H]%10O[C@H](CO)[C@@H](O)[C@H](O)[C@H]%10O)ccc9Cl)cc7)OC8)[C@@H](O)[C@H](O)[C@H]6O)ccc5C)cc3)OC4)[C@@H](O)[C@H](O)[C@H]2O)cc1Cc1ccc(OCC2(C)OCc3cc(F)ccc32)cc1. The highest BCUT2D eigenvalue weighted by Gasteiger charge is 2.49. The summed E-state index contributed by atoms with van der Waals surface area (Å²) in [6.07, 6.45) is -18.5.